The van der Waals surface area contributed by atoms with Crippen molar-refractivity contribution >= 4 is 11.6 Å². The summed E-state index contributed by atoms with van der Waals surface area (Å²) in [6.45, 7) is 5.36. The second-order valence-corrected chi connectivity index (χ2v) is 4.29. The molecule has 1 rings (SSSR count). The van der Waals surface area contributed by atoms with Gasteiger partial charge in [-0.25, -0.2) is 19.6 Å². The van der Waals surface area contributed by atoms with Gasteiger partial charge >= 0.3 is 0 Å². The highest BCUT2D eigenvalue weighted by Gasteiger charge is 2.11. The normalized spacial score (nSPS) is 11.1. The number of nitrogens with zero attached hydrogens (tertiary/aromatic N) is 2. The van der Waals surface area contributed by atoms with Gasteiger partial charge in [-0.1, -0.05) is 0 Å². The largest absolute Gasteiger partial charge is 0.366 e. The fourth-order valence-corrected chi connectivity index (χ4v) is 1.30. The van der Waals surface area contributed by atoms with E-state index in [4.69, 9.17) is 5.84 Å². The van der Waals surface area contributed by atoms with Crippen LogP contribution in [0.2, 0.25) is 0 Å². The highest BCUT2D eigenvalue weighted by molar-refractivity contribution is 5.46. The van der Waals surface area contributed by atoms with Gasteiger partial charge in [0.05, 0.1) is 0 Å². The Morgan fingerprint density at radius 3 is 2.50 bits per heavy atom. The van der Waals surface area contributed by atoms with Crippen molar-refractivity contribution in [1.82, 2.24) is 9.88 Å². The first-order valence-electron chi connectivity index (χ1n) is 5.72. The molecule has 0 radical (unpaired) electrons. The van der Waals surface area contributed by atoms with Crippen molar-refractivity contribution in [3.63, 3.8) is 0 Å². The minimum Gasteiger partial charge on any atom is -0.366 e. The third kappa shape index (κ3) is 3.78. The van der Waals surface area contributed by atoms with Gasteiger partial charge in [0.2, 0.25) is 0 Å². The van der Waals surface area contributed by atoms with Gasteiger partial charge in [-0.05, 0) is 20.9 Å². The summed E-state index contributed by atoms with van der Waals surface area (Å²) in [7, 11) is 1.97. The molecule has 1 heterocycles. The number of pyridine rings is 1. The lowest BCUT2D eigenvalue weighted by Crippen LogP contribution is -2.31. The molecule has 0 spiro atoms. The van der Waals surface area contributed by atoms with E-state index in [-0.39, 0.29) is 11.6 Å². The SMILES string of the molecule is CC(C)N(C)CCNc1nc(NN)c(F)cc1F. The number of hydrogen-bond acceptors (Lipinski definition) is 5. The molecule has 0 fully saturated rings. The molecule has 0 unspecified atom stereocenters. The molecule has 1 aromatic heterocycles. The molecule has 18 heavy (non-hydrogen) atoms. The van der Waals surface area contributed by atoms with Crippen LogP contribution in [-0.4, -0.2) is 36.1 Å². The molecular formula is C11H19F2N5. The van der Waals surface area contributed by atoms with Gasteiger partial charge in [-0.2, -0.15) is 0 Å². The fourth-order valence-electron chi connectivity index (χ4n) is 1.30. The van der Waals surface area contributed by atoms with Gasteiger partial charge in [0.25, 0.3) is 0 Å². The van der Waals surface area contributed by atoms with E-state index in [2.05, 4.69) is 34.5 Å². The minimum absolute atomic E-state index is 0.0125. The summed E-state index contributed by atoms with van der Waals surface area (Å²) in [4.78, 5) is 5.81. The van der Waals surface area contributed by atoms with Crippen LogP contribution in [0.1, 0.15) is 13.8 Å². The van der Waals surface area contributed by atoms with E-state index in [0.29, 0.717) is 12.6 Å². The Kier molecular flexibility index (Phi) is 5.24. The summed E-state index contributed by atoms with van der Waals surface area (Å²) < 4.78 is 26.5. The Balaban J connectivity index is 2.62. The molecule has 0 atom stereocenters. The van der Waals surface area contributed by atoms with Crippen LogP contribution in [-0.2, 0) is 0 Å². The molecule has 7 heteroatoms. The second-order valence-electron chi connectivity index (χ2n) is 4.29. The Labute approximate surface area is 105 Å². The molecule has 0 amide bonds. The van der Waals surface area contributed by atoms with Crippen LogP contribution < -0.4 is 16.6 Å². The third-order valence-corrected chi connectivity index (χ3v) is 2.70. The summed E-state index contributed by atoms with van der Waals surface area (Å²) in [6, 6.07) is 1.15. The monoisotopic (exact) mass is 259 g/mol. The highest BCUT2D eigenvalue weighted by atomic mass is 19.1. The molecule has 0 saturated carbocycles. The van der Waals surface area contributed by atoms with E-state index < -0.39 is 11.6 Å². The number of halogens is 2. The number of nitrogens with one attached hydrogen (secondary N) is 2. The van der Waals surface area contributed by atoms with Gasteiger partial charge in [0, 0.05) is 25.2 Å². The second kappa shape index (κ2) is 6.46. The molecule has 5 nitrogen and oxygen atoms in total. The Morgan fingerprint density at radius 2 is 1.94 bits per heavy atom. The van der Waals surface area contributed by atoms with E-state index >= 15 is 0 Å². The molecule has 0 aromatic carbocycles. The predicted molar refractivity (Wildman–Crippen MR) is 68.2 cm³/mol. The molecule has 1 aromatic rings. The lowest BCUT2D eigenvalue weighted by Gasteiger charge is -2.21. The zero-order chi connectivity index (χ0) is 13.7. The fraction of sp³-hybridized carbons (Fsp3) is 0.545. The standard InChI is InChI=1S/C11H19F2N5/c1-7(2)18(3)5-4-15-10-8(12)6-9(13)11(16-10)17-14/h6-7H,4-5,14H2,1-3H3,(H2,15,16,17). The molecule has 0 aliphatic heterocycles. The van der Waals surface area contributed by atoms with Crippen LogP contribution in [0.4, 0.5) is 20.4 Å². The van der Waals surface area contributed by atoms with Crippen molar-refractivity contribution in [2.45, 2.75) is 19.9 Å². The van der Waals surface area contributed by atoms with E-state index in [9.17, 15) is 8.78 Å². The highest BCUT2D eigenvalue weighted by Crippen LogP contribution is 2.17. The van der Waals surface area contributed by atoms with Gasteiger partial charge in [0.1, 0.15) is 0 Å². The number of anilines is 2. The van der Waals surface area contributed by atoms with E-state index in [1.807, 2.05) is 7.05 Å². The van der Waals surface area contributed by atoms with Gasteiger partial charge in [-0.15, -0.1) is 0 Å². The summed E-state index contributed by atoms with van der Waals surface area (Å²) in [5, 5.41) is 2.81. The lowest BCUT2D eigenvalue weighted by molar-refractivity contribution is 0.284. The molecular weight excluding hydrogens is 240 g/mol. The maximum Gasteiger partial charge on any atom is 0.178 e. The lowest BCUT2D eigenvalue weighted by atomic mass is 10.3. The van der Waals surface area contributed by atoms with Gasteiger partial charge in [-0.3, -0.25) is 0 Å². The number of likely N-dealkylation sites (N-methyl/N-ethyl adjacent to an activating group) is 1. The van der Waals surface area contributed by atoms with Crippen molar-refractivity contribution in [3.05, 3.63) is 17.7 Å². The van der Waals surface area contributed by atoms with Crippen LogP contribution in [0.3, 0.4) is 0 Å². The first-order valence-corrected chi connectivity index (χ1v) is 5.72. The Bertz CT molecular complexity index is 397. The average Bonchev–Trinajstić information content (AvgIpc) is 2.31. The molecule has 102 valence electrons. The number of hydrogen-bond donors (Lipinski definition) is 3. The average molecular weight is 259 g/mol. The van der Waals surface area contributed by atoms with E-state index in [1.54, 1.807) is 0 Å². The van der Waals surface area contributed by atoms with Crippen molar-refractivity contribution in [3.8, 4) is 0 Å². The maximum atomic E-state index is 13.4. The van der Waals surface area contributed by atoms with Crippen molar-refractivity contribution < 1.29 is 8.78 Å². The minimum atomic E-state index is -0.820. The first kappa shape index (κ1) is 14.6. The van der Waals surface area contributed by atoms with Gasteiger partial charge < -0.3 is 15.6 Å². The molecule has 0 saturated heterocycles. The quantitative estimate of drug-likeness (QED) is 0.532. The van der Waals surface area contributed by atoms with Crippen molar-refractivity contribution in [1.29, 1.82) is 0 Å². The molecule has 0 aliphatic rings. The Morgan fingerprint density at radius 1 is 1.33 bits per heavy atom. The third-order valence-electron chi connectivity index (χ3n) is 2.70. The van der Waals surface area contributed by atoms with E-state index in [0.717, 1.165) is 12.6 Å². The topological polar surface area (TPSA) is 66.2 Å². The van der Waals surface area contributed by atoms with Crippen LogP contribution in [0, 0.1) is 11.6 Å². The molecule has 4 N–H and O–H groups in total. The zero-order valence-corrected chi connectivity index (χ0v) is 10.8. The van der Waals surface area contributed by atoms with Crippen LogP contribution in [0.5, 0.6) is 0 Å². The maximum absolute atomic E-state index is 13.4. The number of aromatic nitrogens is 1. The smallest absolute Gasteiger partial charge is 0.178 e. The van der Waals surface area contributed by atoms with Crippen LogP contribution in [0.15, 0.2) is 6.07 Å². The first-order chi connectivity index (χ1) is 8.45. The van der Waals surface area contributed by atoms with E-state index in [1.165, 1.54) is 0 Å². The van der Waals surface area contributed by atoms with Crippen LogP contribution in [0.25, 0.3) is 0 Å². The number of nitrogen functional groups attached to an aromatic ring is 1. The summed E-state index contributed by atoms with van der Waals surface area (Å²) >= 11 is 0. The Hall–Kier alpha value is -1.47. The molecule has 0 aliphatic carbocycles. The number of nitrogens with two attached hydrogens (primary N) is 1. The zero-order valence-electron chi connectivity index (χ0n) is 10.8. The molecule has 0 bridgehead atoms. The number of hydrazine groups is 1. The van der Waals surface area contributed by atoms with Crippen molar-refractivity contribution in [2.24, 2.45) is 5.84 Å². The van der Waals surface area contributed by atoms with Gasteiger partial charge in [0.15, 0.2) is 23.3 Å². The summed E-state index contributed by atoms with van der Waals surface area (Å²) in [5.74, 6) is 3.32. The summed E-state index contributed by atoms with van der Waals surface area (Å²) in [6.07, 6.45) is 0. The number of rotatable bonds is 6. The predicted octanol–water partition coefficient (Wildman–Crippen LogP) is 1.40. The van der Waals surface area contributed by atoms with Crippen LogP contribution >= 0.6 is 0 Å². The van der Waals surface area contributed by atoms with Crippen molar-refractivity contribution in [2.75, 3.05) is 30.9 Å². The summed E-state index contributed by atoms with van der Waals surface area (Å²) in [5.41, 5.74) is 2.08.